The van der Waals surface area contributed by atoms with Crippen molar-refractivity contribution in [3.63, 3.8) is 0 Å². The Hall–Kier alpha value is -2.80. The van der Waals surface area contributed by atoms with Crippen LogP contribution in [0.3, 0.4) is 0 Å². The van der Waals surface area contributed by atoms with Crippen LogP contribution in [0.4, 0.5) is 5.00 Å². The van der Waals surface area contributed by atoms with Gasteiger partial charge in [-0.25, -0.2) is 4.79 Å². The number of anilines is 1. The molecule has 0 saturated heterocycles. The van der Waals surface area contributed by atoms with Gasteiger partial charge < -0.3 is 19.5 Å². The van der Waals surface area contributed by atoms with Crippen LogP contribution in [0.1, 0.15) is 46.1 Å². The van der Waals surface area contributed by atoms with Crippen molar-refractivity contribution in [3.05, 3.63) is 45.8 Å². The first-order valence-corrected chi connectivity index (χ1v) is 10.2. The monoisotopic (exact) mass is 399 g/mol. The highest BCUT2D eigenvalue weighted by Gasteiger charge is 2.26. The number of fused-ring (bicyclic) bond motifs is 2. The number of carbonyl (C=O) groups excluding carboxylic acids is 2. The van der Waals surface area contributed by atoms with E-state index in [1.807, 2.05) is 18.2 Å². The highest BCUT2D eigenvalue weighted by molar-refractivity contribution is 7.17. The second-order valence-electron chi connectivity index (χ2n) is 6.57. The Labute approximate surface area is 167 Å². The third-order valence-electron chi connectivity index (χ3n) is 4.71. The maximum Gasteiger partial charge on any atom is 0.341 e. The third-order valence-corrected chi connectivity index (χ3v) is 5.92. The van der Waals surface area contributed by atoms with Crippen LogP contribution < -0.4 is 14.8 Å². The summed E-state index contributed by atoms with van der Waals surface area (Å²) in [6.45, 7) is 2.30. The van der Waals surface area contributed by atoms with Crippen LogP contribution >= 0.6 is 11.3 Å². The van der Waals surface area contributed by atoms with Gasteiger partial charge in [0.2, 0.25) is 12.7 Å². The number of ether oxygens (including phenoxy) is 3. The summed E-state index contributed by atoms with van der Waals surface area (Å²) in [5.41, 5.74) is 2.38. The maximum atomic E-state index is 12.5. The zero-order valence-corrected chi connectivity index (χ0v) is 16.4. The minimum Gasteiger partial charge on any atom is -0.462 e. The summed E-state index contributed by atoms with van der Waals surface area (Å²) in [6, 6.07) is 5.48. The summed E-state index contributed by atoms with van der Waals surface area (Å²) in [5, 5.41) is 3.44. The smallest absolute Gasteiger partial charge is 0.341 e. The lowest BCUT2D eigenvalue weighted by atomic mass is 9.95. The van der Waals surface area contributed by atoms with E-state index in [4.69, 9.17) is 14.2 Å². The van der Waals surface area contributed by atoms with Crippen molar-refractivity contribution in [3.8, 4) is 11.5 Å². The van der Waals surface area contributed by atoms with Gasteiger partial charge in [0.05, 0.1) is 12.2 Å². The second kappa shape index (κ2) is 8.06. The number of hydrogen-bond acceptors (Lipinski definition) is 6. The molecule has 2 aromatic rings. The molecule has 6 nitrogen and oxygen atoms in total. The average molecular weight is 399 g/mol. The van der Waals surface area contributed by atoms with Crippen molar-refractivity contribution in [2.24, 2.45) is 0 Å². The SMILES string of the molecule is CCOC(=O)c1c(NC(=O)C=Cc2ccc3c(c2)OCO3)sc2c1CCCC2. The molecule has 1 aliphatic heterocycles. The molecule has 1 aliphatic carbocycles. The molecule has 1 aromatic carbocycles. The number of thiophene rings is 1. The van der Waals surface area contributed by atoms with Gasteiger partial charge in [-0.3, -0.25) is 4.79 Å². The van der Waals surface area contributed by atoms with E-state index in [9.17, 15) is 9.59 Å². The number of aryl methyl sites for hydroxylation is 1. The van der Waals surface area contributed by atoms with Crippen LogP contribution in [-0.2, 0) is 22.4 Å². The van der Waals surface area contributed by atoms with E-state index in [1.54, 1.807) is 13.0 Å². The van der Waals surface area contributed by atoms with Crippen molar-refractivity contribution >= 4 is 34.3 Å². The Bertz CT molecular complexity index is 947. The van der Waals surface area contributed by atoms with Crippen LogP contribution in [-0.4, -0.2) is 25.3 Å². The topological polar surface area (TPSA) is 73.9 Å². The quantitative estimate of drug-likeness (QED) is 0.603. The Morgan fingerprint density at radius 2 is 2.04 bits per heavy atom. The molecule has 0 unspecified atom stereocenters. The van der Waals surface area contributed by atoms with Gasteiger partial charge in [-0.1, -0.05) is 6.07 Å². The molecule has 28 heavy (non-hydrogen) atoms. The van der Waals surface area contributed by atoms with Crippen LogP contribution in [0, 0.1) is 0 Å². The number of esters is 1. The van der Waals surface area contributed by atoms with E-state index in [2.05, 4.69) is 5.32 Å². The van der Waals surface area contributed by atoms with Gasteiger partial charge in [-0.2, -0.15) is 0 Å². The molecule has 1 amide bonds. The normalized spacial score (nSPS) is 14.8. The fraction of sp³-hybridized carbons (Fsp3) is 0.333. The highest BCUT2D eigenvalue weighted by atomic mass is 32.1. The third kappa shape index (κ3) is 3.75. The van der Waals surface area contributed by atoms with Gasteiger partial charge in [0.15, 0.2) is 11.5 Å². The van der Waals surface area contributed by atoms with Gasteiger partial charge in [0, 0.05) is 11.0 Å². The number of hydrogen-bond donors (Lipinski definition) is 1. The van der Waals surface area contributed by atoms with Gasteiger partial charge >= 0.3 is 5.97 Å². The molecular formula is C21H21NO5S. The largest absolute Gasteiger partial charge is 0.462 e. The molecule has 0 atom stereocenters. The number of rotatable bonds is 5. The molecule has 7 heteroatoms. The fourth-order valence-electron chi connectivity index (χ4n) is 3.42. The van der Waals surface area contributed by atoms with E-state index < -0.39 is 0 Å². The summed E-state index contributed by atoms with van der Waals surface area (Å²) in [5.74, 6) is 0.710. The molecule has 2 heterocycles. The Morgan fingerprint density at radius 3 is 2.89 bits per heavy atom. The van der Waals surface area contributed by atoms with Crippen molar-refractivity contribution in [1.29, 1.82) is 0 Å². The average Bonchev–Trinajstić information content (AvgIpc) is 3.30. The molecule has 0 fully saturated rings. The van der Waals surface area contributed by atoms with E-state index >= 15 is 0 Å². The van der Waals surface area contributed by atoms with E-state index in [0.717, 1.165) is 36.8 Å². The van der Waals surface area contributed by atoms with Gasteiger partial charge in [-0.05, 0) is 61.9 Å². The first-order chi connectivity index (χ1) is 13.7. The highest BCUT2D eigenvalue weighted by Crippen LogP contribution is 2.38. The first kappa shape index (κ1) is 18.6. The second-order valence-corrected chi connectivity index (χ2v) is 7.68. The summed E-state index contributed by atoms with van der Waals surface area (Å²) in [4.78, 5) is 26.1. The molecule has 0 radical (unpaired) electrons. The van der Waals surface area contributed by atoms with E-state index in [0.29, 0.717) is 28.7 Å². The van der Waals surface area contributed by atoms with Crippen molar-refractivity contribution in [1.82, 2.24) is 0 Å². The summed E-state index contributed by atoms with van der Waals surface area (Å²) in [7, 11) is 0. The first-order valence-electron chi connectivity index (χ1n) is 9.36. The molecule has 1 N–H and O–H groups in total. The predicted molar refractivity (Wildman–Crippen MR) is 107 cm³/mol. The van der Waals surface area contributed by atoms with Crippen molar-refractivity contribution in [2.45, 2.75) is 32.6 Å². The Kier molecular flexibility index (Phi) is 5.34. The molecule has 4 rings (SSSR count). The number of benzene rings is 1. The number of nitrogens with one attached hydrogen (secondary N) is 1. The Morgan fingerprint density at radius 1 is 1.21 bits per heavy atom. The standard InChI is InChI=1S/C21H21NO5S/c1-2-25-21(24)19-14-5-3-4-6-17(14)28-20(19)22-18(23)10-8-13-7-9-15-16(11-13)27-12-26-15/h7-11H,2-6,12H2,1H3,(H,22,23). The molecule has 2 aliphatic rings. The molecule has 0 bridgehead atoms. The number of amides is 1. The van der Waals surface area contributed by atoms with Crippen LogP contribution in [0.15, 0.2) is 24.3 Å². The molecule has 146 valence electrons. The van der Waals surface area contributed by atoms with E-state index in [-0.39, 0.29) is 18.7 Å². The van der Waals surface area contributed by atoms with Crippen molar-refractivity contribution < 1.29 is 23.8 Å². The fourth-order valence-corrected chi connectivity index (χ4v) is 4.70. The molecule has 0 spiro atoms. The van der Waals surface area contributed by atoms with Gasteiger partial charge in [0.1, 0.15) is 5.00 Å². The number of carbonyl (C=O) groups is 2. The predicted octanol–water partition coefficient (Wildman–Crippen LogP) is 4.18. The molecule has 1 aromatic heterocycles. The van der Waals surface area contributed by atoms with Crippen LogP contribution in [0.25, 0.3) is 6.08 Å². The zero-order chi connectivity index (χ0) is 19.5. The Balaban J connectivity index is 1.52. The van der Waals surface area contributed by atoms with Crippen LogP contribution in [0.5, 0.6) is 11.5 Å². The lowest BCUT2D eigenvalue weighted by Gasteiger charge is -2.12. The van der Waals surface area contributed by atoms with Crippen LogP contribution in [0.2, 0.25) is 0 Å². The lowest BCUT2D eigenvalue weighted by Crippen LogP contribution is -2.14. The van der Waals surface area contributed by atoms with Gasteiger partial charge in [0.25, 0.3) is 0 Å². The zero-order valence-electron chi connectivity index (χ0n) is 15.6. The lowest BCUT2D eigenvalue weighted by molar-refractivity contribution is -0.111. The minimum absolute atomic E-state index is 0.211. The summed E-state index contributed by atoms with van der Waals surface area (Å²) in [6.07, 6.45) is 7.10. The van der Waals surface area contributed by atoms with Crippen molar-refractivity contribution in [2.75, 3.05) is 18.7 Å². The molecular weight excluding hydrogens is 378 g/mol. The summed E-state index contributed by atoms with van der Waals surface area (Å²) >= 11 is 1.48. The minimum atomic E-state index is -0.364. The maximum absolute atomic E-state index is 12.5. The summed E-state index contributed by atoms with van der Waals surface area (Å²) < 4.78 is 15.9. The van der Waals surface area contributed by atoms with Gasteiger partial charge in [-0.15, -0.1) is 11.3 Å². The van der Waals surface area contributed by atoms with E-state index in [1.165, 1.54) is 22.3 Å². The molecule has 0 saturated carbocycles.